The topological polar surface area (TPSA) is 108 Å². The largest absolute Gasteiger partial charge is 0.508 e. The van der Waals surface area contributed by atoms with Gasteiger partial charge in [-0.3, -0.25) is 9.59 Å². The van der Waals surface area contributed by atoms with Crippen LogP contribution in [0.1, 0.15) is 58.2 Å². The first kappa shape index (κ1) is 29.5. The third-order valence-electron chi connectivity index (χ3n) is 6.23. The number of aryl methyl sites for hydroxylation is 1. The van der Waals surface area contributed by atoms with Crippen molar-refractivity contribution >= 4 is 34.4 Å². The number of hydrogen-bond donors (Lipinski definition) is 3. The molecule has 0 fully saturated rings. The molecule has 3 amide bonds. The Hall–Kier alpha value is -4.07. The Morgan fingerprint density at radius 1 is 0.974 bits per heavy atom. The Balaban J connectivity index is 1.94. The van der Waals surface area contributed by atoms with Crippen LogP contribution in [0.25, 0.3) is 10.8 Å². The fraction of sp³-hybridized carbons (Fsp3) is 0.387. The predicted octanol–water partition coefficient (Wildman–Crippen LogP) is 5.93. The minimum atomic E-state index is -1.03. The van der Waals surface area contributed by atoms with E-state index >= 15 is 0 Å². The van der Waals surface area contributed by atoms with E-state index in [1.807, 2.05) is 56.3 Å². The van der Waals surface area contributed by atoms with Crippen molar-refractivity contribution in [3.8, 4) is 5.75 Å². The van der Waals surface area contributed by atoms with E-state index in [1.165, 1.54) is 11.0 Å². The van der Waals surface area contributed by atoms with Crippen molar-refractivity contribution < 1.29 is 24.2 Å². The molecule has 2 atom stereocenters. The number of phenolic OH excluding ortho intramolecular Hbond substituents is 1. The monoisotopic (exact) mass is 533 g/mol. The zero-order valence-electron chi connectivity index (χ0n) is 23.7. The number of fused-ring (bicyclic) bond motifs is 1. The van der Waals surface area contributed by atoms with E-state index in [2.05, 4.69) is 10.6 Å². The first-order chi connectivity index (χ1) is 18.2. The number of amides is 3. The number of hydrogen-bond acceptors (Lipinski definition) is 5. The van der Waals surface area contributed by atoms with Crippen molar-refractivity contribution in [2.45, 2.75) is 65.6 Å². The number of anilines is 1. The molecule has 3 N–H and O–H groups in total. The molecule has 0 aliphatic carbocycles. The zero-order valence-corrected chi connectivity index (χ0v) is 23.7. The van der Waals surface area contributed by atoms with Crippen LogP contribution in [0.15, 0.2) is 60.7 Å². The summed E-state index contributed by atoms with van der Waals surface area (Å²) in [6, 6.07) is 16.3. The van der Waals surface area contributed by atoms with E-state index in [4.69, 9.17) is 4.74 Å². The maximum atomic E-state index is 13.8. The van der Waals surface area contributed by atoms with Crippen LogP contribution >= 0.6 is 0 Å². The van der Waals surface area contributed by atoms with Crippen molar-refractivity contribution in [1.82, 2.24) is 10.2 Å². The summed E-state index contributed by atoms with van der Waals surface area (Å²) in [7, 11) is 1.54. The summed E-state index contributed by atoms with van der Waals surface area (Å²) in [4.78, 5) is 41.5. The number of phenols is 1. The number of nitrogens with zero attached hydrogens (tertiary/aromatic N) is 1. The molecule has 0 spiro atoms. The Kier molecular flexibility index (Phi) is 9.22. The molecular weight excluding hydrogens is 494 g/mol. The number of ether oxygens (including phenoxy) is 1. The summed E-state index contributed by atoms with van der Waals surface area (Å²) in [5.74, 6) is -0.681. The number of nitrogens with one attached hydrogen (secondary N) is 2. The first-order valence-electron chi connectivity index (χ1n) is 13.1. The molecule has 0 saturated heterocycles. The minimum Gasteiger partial charge on any atom is -0.508 e. The average Bonchev–Trinajstić information content (AvgIpc) is 2.84. The quantitative estimate of drug-likeness (QED) is 0.333. The zero-order chi connectivity index (χ0) is 28.9. The van der Waals surface area contributed by atoms with Crippen molar-refractivity contribution in [3.05, 3.63) is 71.8 Å². The molecule has 3 aromatic carbocycles. The lowest BCUT2D eigenvalue weighted by Gasteiger charge is -2.32. The second-order valence-corrected chi connectivity index (χ2v) is 11.3. The Morgan fingerprint density at radius 3 is 2.26 bits per heavy atom. The van der Waals surface area contributed by atoms with Crippen LogP contribution in [0.5, 0.6) is 5.75 Å². The summed E-state index contributed by atoms with van der Waals surface area (Å²) in [5.41, 5.74) is 0.959. The van der Waals surface area contributed by atoms with E-state index in [1.54, 1.807) is 46.9 Å². The van der Waals surface area contributed by atoms with Gasteiger partial charge in [-0.1, -0.05) is 50.2 Å². The second-order valence-electron chi connectivity index (χ2n) is 11.3. The SMILES string of the molecule is Cc1cc(C(C(=O)Nc2ccc3ccccc3c2)N(C)C(=O)C(CC(C)C)NC(=O)OC(C)(C)C)ccc1O. The molecule has 3 rings (SSSR count). The molecule has 3 aromatic rings. The lowest BCUT2D eigenvalue weighted by Crippen LogP contribution is -2.51. The van der Waals surface area contributed by atoms with Gasteiger partial charge in [0.25, 0.3) is 5.91 Å². The van der Waals surface area contributed by atoms with Crippen LogP contribution in [0.2, 0.25) is 0 Å². The highest BCUT2D eigenvalue weighted by Crippen LogP contribution is 2.28. The van der Waals surface area contributed by atoms with Crippen molar-refractivity contribution in [3.63, 3.8) is 0 Å². The van der Waals surface area contributed by atoms with Crippen molar-refractivity contribution in [2.24, 2.45) is 5.92 Å². The molecular formula is C31H39N3O5. The fourth-order valence-corrected chi connectivity index (χ4v) is 4.39. The standard InChI is InChI=1S/C31H39N3O5/c1-19(2)16-25(33-30(38)39-31(4,5)6)29(37)34(7)27(23-13-15-26(35)20(3)17-23)28(36)32-24-14-12-21-10-8-9-11-22(21)18-24/h8-15,17-19,25,27,35H,16H2,1-7H3,(H,32,36)(H,33,38). The molecule has 0 aromatic heterocycles. The molecule has 0 radical (unpaired) electrons. The molecule has 39 heavy (non-hydrogen) atoms. The number of rotatable bonds is 8. The predicted molar refractivity (Wildman–Crippen MR) is 154 cm³/mol. The third-order valence-corrected chi connectivity index (χ3v) is 6.23. The van der Waals surface area contributed by atoms with Crippen molar-refractivity contribution in [1.29, 1.82) is 0 Å². The van der Waals surface area contributed by atoms with Crippen LogP contribution in [0.4, 0.5) is 10.5 Å². The average molecular weight is 534 g/mol. The first-order valence-corrected chi connectivity index (χ1v) is 13.1. The Morgan fingerprint density at radius 2 is 1.64 bits per heavy atom. The van der Waals surface area contributed by atoms with Gasteiger partial charge < -0.3 is 25.4 Å². The summed E-state index contributed by atoms with van der Waals surface area (Å²) in [6.07, 6.45) is -0.344. The van der Waals surface area contributed by atoms with E-state index < -0.39 is 35.6 Å². The van der Waals surface area contributed by atoms with Crippen LogP contribution in [-0.2, 0) is 14.3 Å². The van der Waals surface area contributed by atoms with E-state index in [0.29, 0.717) is 23.2 Å². The molecule has 0 aliphatic heterocycles. The molecule has 2 unspecified atom stereocenters. The highest BCUT2D eigenvalue weighted by Gasteiger charge is 2.34. The maximum absolute atomic E-state index is 13.8. The van der Waals surface area contributed by atoms with Gasteiger partial charge in [-0.25, -0.2) is 4.79 Å². The third kappa shape index (κ3) is 7.96. The van der Waals surface area contributed by atoms with E-state index in [-0.39, 0.29) is 11.7 Å². The summed E-state index contributed by atoms with van der Waals surface area (Å²) in [6.45, 7) is 10.9. The number of carbonyl (C=O) groups is 3. The Labute approximate surface area is 230 Å². The van der Waals surface area contributed by atoms with E-state index in [0.717, 1.165) is 10.8 Å². The van der Waals surface area contributed by atoms with Crippen LogP contribution in [-0.4, -0.2) is 46.6 Å². The molecule has 0 aliphatic rings. The van der Waals surface area contributed by atoms with Gasteiger partial charge in [0.1, 0.15) is 23.4 Å². The number of aromatic hydroxyl groups is 1. The maximum Gasteiger partial charge on any atom is 0.408 e. The highest BCUT2D eigenvalue weighted by molar-refractivity contribution is 6.00. The normalized spacial score (nSPS) is 13.0. The smallest absolute Gasteiger partial charge is 0.408 e. The van der Waals surface area contributed by atoms with Crippen LogP contribution in [0.3, 0.4) is 0 Å². The summed E-state index contributed by atoms with van der Waals surface area (Å²) >= 11 is 0. The van der Waals surface area contributed by atoms with Gasteiger partial charge in [0.2, 0.25) is 5.91 Å². The molecule has 208 valence electrons. The molecule has 8 heteroatoms. The molecule has 0 bridgehead atoms. The Bertz CT molecular complexity index is 1350. The van der Waals surface area contributed by atoms with Gasteiger partial charge >= 0.3 is 6.09 Å². The van der Waals surface area contributed by atoms with Gasteiger partial charge in [0.05, 0.1) is 0 Å². The minimum absolute atomic E-state index is 0.0862. The molecule has 8 nitrogen and oxygen atoms in total. The second kappa shape index (κ2) is 12.2. The van der Waals surface area contributed by atoms with Crippen LogP contribution < -0.4 is 10.6 Å². The highest BCUT2D eigenvalue weighted by atomic mass is 16.6. The number of benzene rings is 3. The number of alkyl carbamates (subject to hydrolysis) is 1. The molecule has 0 heterocycles. The number of carbonyl (C=O) groups excluding carboxylic acids is 3. The van der Waals surface area contributed by atoms with Gasteiger partial charge in [-0.05, 0) is 86.2 Å². The van der Waals surface area contributed by atoms with E-state index in [9.17, 15) is 19.5 Å². The lowest BCUT2D eigenvalue weighted by molar-refractivity contribution is -0.139. The fourth-order valence-electron chi connectivity index (χ4n) is 4.39. The van der Waals surface area contributed by atoms with Crippen molar-refractivity contribution in [2.75, 3.05) is 12.4 Å². The molecule has 0 saturated carbocycles. The number of likely N-dealkylation sites (N-methyl/N-ethyl adjacent to an activating group) is 1. The lowest BCUT2D eigenvalue weighted by atomic mass is 9.98. The van der Waals surface area contributed by atoms with Gasteiger partial charge in [-0.15, -0.1) is 0 Å². The van der Waals surface area contributed by atoms with Crippen LogP contribution in [0, 0.1) is 12.8 Å². The van der Waals surface area contributed by atoms with Gasteiger partial charge in [0, 0.05) is 12.7 Å². The summed E-state index contributed by atoms with van der Waals surface area (Å²) < 4.78 is 5.39. The van der Waals surface area contributed by atoms with Gasteiger partial charge in [-0.2, -0.15) is 0 Å². The summed E-state index contributed by atoms with van der Waals surface area (Å²) in [5, 5.41) is 17.7. The van der Waals surface area contributed by atoms with Gasteiger partial charge in [0.15, 0.2) is 0 Å².